The first-order valence-corrected chi connectivity index (χ1v) is 11.3. The minimum Gasteiger partial charge on any atom is -0.322 e. The van der Waals surface area contributed by atoms with Crippen molar-refractivity contribution in [3.8, 4) is 0 Å². The number of benzene rings is 3. The van der Waals surface area contributed by atoms with Crippen LogP contribution < -0.4 is 10.0 Å². The summed E-state index contributed by atoms with van der Waals surface area (Å²) in [4.78, 5) is 12.4. The van der Waals surface area contributed by atoms with Gasteiger partial charge in [0.05, 0.1) is 16.3 Å². The maximum absolute atomic E-state index is 12.9. The molecule has 150 valence electrons. The van der Waals surface area contributed by atoms with E-state index in [-0.39, 0.29) is 15.8 Å². The van der Waals surface area contributed by atoms with Crippen molar-refractivity contribution < 1.29 is 13.2 Å². The Balaban J connectivity index is 1.90. The fourth-order valence-corrected chi connectivity index (χ4v) is 4.88. The first-order valence-electron chi connectivity index (χ1n) is 8.63. The van der Waals surface area contributed by atoms with E-state index in [4.69, 9.17) is 11.6 Å². The van der Waals surface area contributed by atoms with E-state index in [2.05, 4.69) is 26.0 Å². The van der Waals surface area contributed by atoms with Crippen molar-refractivity contribution in [3.63, 3.8) is 0 Å². The highest BCUT2D eigenvalue weighted by molar-refractivity contribution is 9.10. The summed E-state index contributed by atoms with van der Waals surface area (Å²) in [6.07, 6.45) is 0. The quantitative estimate of drug-likeness (QED) is 0.473. The number of sulfonamides is 1. The molecular formula is C21H18BrClN2O3S. The molecule has 0 saturated heterocycles. The van der Waals surface area contributed by atoms with Crippen molar-refractivity contribution in [2.24, 2.45) is 0 Å². The zero-order chi connectivity index (χ0) is 21.2. The second kappa shape index (κ2) is 8.57. The van der Waals surface area contributed by atoms with Crippen LogP contribution in [0.15, 0.2) is 70.0 Å². The van der Waals surface area contributed by atoms with Gasteiger partial charge in [0, 0.05) is 10.2 Å². The Morgan fingerprint density at radius 3 is 2.41 bits per heavy atom. The van der Waals surface area contributed by atoms with Crippen LogP contribution >= 0.6 is 27.5 Å². The molecule has 0 radical (unpaired) electrons. The zero-order valence-electron chi connectivity index (χ0n) is 15.7. The minimum atomic E-state index is -3.95. The average molecular weight is 494 g/mol. The molecule has 3 rings (SSSR count). The van der Waals surface area contributed by atoms with Gasteiger partial charge in [-0.05, 0) is 71.7 Å². The number of carbonyl (C=O) groups is 1. The normalized spacial score (nSPS) is 11.2. The van der Waals surface area contributed by atoms with Gasteiger partial charge in [0.25, 0.3) is 15.9 Å². The van der Waals surface area contributed by atoms with E-state index in [0.29, 0.717) is 21.4 Å². The average Bonchev–Trinajstić information content (AvgIpc) is 2.65. The monoisotopic (exact) mass is 492 g/mol. The number of anilines is 2. The van der Waals surface area contributed by atoms with Crippen molar-refractivity contribution >= 4 is 54.8 Å². The zero-order valence-corrected chi connectivity index (χ0v) is 18.8. The van der Waals surface area contributed by atoms with E-state index in [1.54, 1.807) is 36.4 Å². The number of amides is 1. The standard InChI is InChI=1S/C21H18BrClN2O3S/c1-13-7-10-19(14(2)11-13)25-29(27,28)20-12-15(8-9-18(20)23)24-21(26)16-5-3-4-6-17(16)22/h3-12,25H,1-2H3,(H,24,26). The summed E-state index contributed by atoms with van der Waals surface area (Å²) in [5.74, 6) is -0.370. The topological polar surface area (TPSA) is 75.3 Å². The first-order chi connectivity index (χ1) is 13.7. The Kier molecular flexibility index (Phi) is 6.31. The van der Waals surface area contributed by atoms with Crippen molar-refractivity contribution in [3.05, 3.63) is 86.8 Å². The Hall–Kier alpha value is -2.35. The third-order valence-corrected chi connectivity index (χ3v) is 6.76. The summed E-state index contributed by atoms with van der Waals surface area (Å²) < 4.78 is 29.0. The van der Waals surface area contributed by atoms with E-state index < -0.39 is 10.0 Å². The molecule has 0 aliphatic carbocycles. The van der Waals surface area contributed by atoms with Gasteiger partial charge in [-0.25, -0.2) is 8.42 Å². The Morgan fingerprint density at radius 1 is 1.00 bits per heavy atom. The van der Waals surface area contributed by atoms with E-state index in [0.717, 1.165) is 11.1 Å². The Bertz CT molecular complexity index is 1200. The largest absolute Gasteiger partial charge is 0.322 e. The maximum atomic E-state index is 12.9. The lowest BCUT2D eigenvalue weighted by Crippen LogP contribution is -2.16. The lowest BCUT2D eigenvalue weighted by molar-refractivity contribution is 0.102. The molecule has 0 aliphatic heterocycles. The summed E-state index contributed by atoms with van der Waals surface area (Å²) in [5.41, 5.74) is 3.04. The van der Waals surface area contributed by atoms with Gasteiger partial charge >= 0.3 is 0 Å². The Morgan fingerprint density at radius 2 is 1.72 bits per heavy atom. The maximum Gasteiger partial charge on any atom is 0.263 e. The van der Waals surface area contributed by atoms with Gasteiger partial charge in [-0.1, -0.05) is 41.4 Å². The molecule has 0 spiro atoms. The highest BCUT2D eigenvalue weighted by atomic mass is 79.9. The molecule has 3 aromatic rings. The van der Waals surface area contributed by atoms with Gasteiger partial charge in [0.1, 0.15) is 4.90 Å². The molecule has 1 amide bonds. The van der Waals surface area contributed by atoms with Gasteiger partial charge in [-0.15, -0.1) is 0 Å². The molecule has 0 unspecified atom stereocenters. The molecule has 0 saturated carbocycles. The number of rotatable bonds is 5. The van der Waals surface area contributed by atoms with Gasteiger partial charge in [0.2, 0.25) is 0 Å². The van der Waals surface area contributed by atoms with Gasteiger partial charge in [-0.3, -0.25) is 9.52 Å². The summed E-state index contributed by atoms with van der Waals surface area (Å²) in [6, 6.07) is 16.7. The smallest absolute Gasteiger partial charge is 0.263 e. The summed E-state index contributed by atoms with van der Waals surface area (Å²) in [5, 5.41) is 2.76. The van der Waals surface area contributed by atoms with Crippen LogP contribution in [0.4, 0.5) is 11.4 Å². The molecule has 0 aliphatic rings. The lowest BCUT2D eigenvalue weighted by Gasteiger charge is -2.14. The number of carbonyl (C=O) groups excluding carboxylic acids is 1. The number of nitrogens with one attached hydrogen (secondary N) is 2. The van der Waals surface area contributed by atoms with E-state index in [1.807, 2.05) is 26.0 Å². The fraction of sp³-hybridized carbons (Fsp3) is 0.0952. The van der Waals surface area contributed by atoms with Crippen LogP contribution in [0.1, 0.15) is 21.5 Å². The van der Waals surface area contributed by atoms with Gasteiger partial charge in [0.15, 0.2) is 0 Å². The number of hydrogen-bond acceptors (Lipinski definition) is 3. The third-order valence-electron chi connectivity index (χ3n) is 4.22. The van der Waals surface area contributed by atoms with Crippen LogP contribution in [0.3, 0.4) is 0 Å². The molecule has 0 atom stereocenters. The summed E-state index contributed by atoms with van der Waals surface area (Å²) in [6.45, 7) is 3.75. The molecule has 5 nitrogen and oxygen atoms in total. The van der Waals surface area contributed by atoms with Gasteiger partial charge in [-0.2, -0.15) is 0 Å². The van der Waals surface area contributed by atoms with Crippen LogP contribution in [0.5, 0.6) is 0 Å². The molecule has 8 heteroatoms. The SMILES string of the molecule is Cc1ccc(NS(=O)(=O)c2cc(NC(=O)c3ccccc3Br)ccc2Cl)c(C)c1. The molecule has 0 fully saturated rings. The molecule has 0 heterocycles. The third kappa shape index (κ3) is 4.98. The van der Waals surface area contributed by atoms with Crippen LogP contribution in [0.25, 0.3) is 0 Å². The molecular weight excluding hydrogens is 476 g/mol. The lowest BCUT2D eigenvalue weighted by atomic mass is 10.1. The first kappa shape index (κ1) is 21.4. The van der Waals surface area contributed by atoms with Crippen LogP contribution in [0, 0.1) is 13.8 Å². The molecule has 3 aromatic carbocycles. The van der Waals surface area contributed by atoms with Crippen LogP contribution in [-0.2, 0) is 10.0 Å². The number of hydrogen-bond donors (Lipinski definition) is 2. The second-order valence-electron chi connectivity index (χ2n) is 6.50. The number of aryl methyl sites for hydroxylation is 2. The minimum absolute atomic E-state index is 0.0566. The summed E-state index contributed by atoms with van der Waals surface area (Å²) >= 11 is 9.48. The molecule has 2 N–H and O–H groups in total. The fourth-order valence-electron chi connectivity index (χ4n) is 2.76. The predicted octanol–water partition coefficient (Wildman–Crippen LogP) is 5.77. The molecule has 0 bridgehead atoms. The molecule has 0 aromatic heterocycles. The van der Waals surface area contributed by atoms with Crippen molar-refractivity contribution in [2.75, 3.05) is 10.0 Å². The van der Waals surface area contributed by atoms with Crippen LogP contribution in [0.2, 0.25) is 5.02 Å². The van der Waals surface area contributed by atoms with E-state index in [9.17, 15) is 13.2 Å². The highest BCUT2D eigenvalue weighted by Crippen LogP contribution is 2.28. The molecule has 29 heavy (non-hydrogen) atoms. The van der Waals surface area contributed by atoms with Gasteiger partial charge < -0.3 is 5.32 Å². The van der Waals surface area contributed by atoms with Crippen molar-refractivity contribution in [1.82, 2.24) is 0 Å². The van der Waals surface area contributed by atoms with E-state index >= 15 is 0 Å². The summed E-state index contributed by atoms with van der Waals surface area (Å²) in [7, 11) is -3.95. The van der Waals surface area contributed by atoms with Crippen molar-refractivity contribution in [2.45, 2.75) is 18.7 Å². The van der Waals surface area contributed by atoms with Crippen LogP contribution in [-0.4, -0.2) is 14.3 Å². The Labute approximate surface area is 183 Å². The second-order valence-corrected chi connectivity index (χ2v) is 9.42. The highest BCUT2D eigenvalue weighted by Gasteiger charge is 2.20. The van der Waals surface area contributed by atoms with E-state index in [1.165, 1.54) is 12.1 Å². The number of halogens is 2. The predicted molar refractivity (Wildman–Crippen MR) is 120 cm³/mol. The van der Waals surface area contributed by atoms with Crippen molar-refractivity contribution in [1.29, 1.82) is 0 Å².